The van der Waals surface area contributed by atoms with Crippen molar-refractivity contribution in [3.63, 3.8) is 0 Å². The molecule has 2 rings (SSSR count). The summed E-state index contributed by atoms with van der Waals surface area (Å²) in [6.07, 6.45) is 1.41. The minimum Gasteiger partial charge on any atom is -0.395 e. The number of aliphatic hydroxyl groups is 1. The molecule has 1 aromatic carbocycles. The lowest BCUT2D eigenvalue weighted by atomic mass is 10.2. The smallest absolute Gasteiger partial charge is 0.277 e. The molecule has 1 heterocycles. The number of amides is 1. The molecule has 0 aliphatic heterocycles. The fourth-order valence-corrected chi connectivity index (χ4v) is 2.37. The Kier molecular flexibility index (Phi) is 6.47. The van der Waals surface area contributed by atoms with Crippen LogP contribution in [0.4, 0.5) is 10.1 Å². The van der Waals surface area contributed by atoms with E-state index in [1.807, 2.05) is 0 Å². The molecule has 3 N–H and O–H groups in total. The Hall–Kier alpha value is -1.54. The van der Waals surface area contributed by atoms with Gasteiger partial charge in [0.15, 0.2) is 11.5 Å². The topological polar surface area (TPSA) is 74.2 Å². The van der Waals surface area contributed by atoms with E-state index in [1.165, 1.54) is 12.3 Å². The Bertz CT molecular complexity index is 715. The van der Waals surface area contributed by atoms with E-state index >= 15 is 0 Å². The zero-order chi connectivity index (χ0) is 16.8. The van der Waals surface area contributed by atoms with Gasteiger partial charge in [-0.05, 0) is 39.7 Å². The molecule has 0 saturated heterocycles. The Morgan fingerprint density at radius 1 is 1.43 bits per heavy atom. The highest BCUT2D eigenvalue weighted by atomic mass is 79.9. The lowest BCUT2D eigenvalue weighted by Gasteiger charge is -2.09. The SMILES string of the molecule is O=C(Nc1cccc(Br)c1Cl)c1ncc(CNCCO)cc1F. The predicted octanol–water partition coefficient (Wildman–Crippen LogP) is 2.97. The Balaban J connectivity index is 2.12. The van der Waals surface area contributed by atoms with Gasteiger partial charge in [-0.2, -0.15) is 0 Å². The zero-order valence-corrected chi connectivity index (χ0v) is 14.3. The zero-order valence-electron chi connectivity index (χ0n) is 11.9. The number of carbonyl (C=O) groups excluding carboxylic acids is 1. The second kappa shape index (κ2) is 8.35. The first-order chi connectivity index (χ1) is 11.0. The number of rotatable bonds is 6. The van der Waals surface area contributed by atoms with Crippen LogP contribution in [0, 0.1) is 5.82 Å². The van der Waals surface area contributed by atoms with E-state index in [0.29, 0.717) is 33.8 Å². The maximum Gasteiger partial charge on any atom is 0.277 e. The number of hydrogen-bond acceptors (Lipinski definition) is 4. The van der Waals surface area contributed by atoms with E-state index in [2.05, 4.69) is 31.5 Å². The van der Waals surface area contributed by atoms with Crippen LogP contribution in [-0.4, -0.2) is 29.1 Å². The van der Waals surface area contributed by atoms with Gasteiger partial charge in [0.05, 0.1) is 17.3 Å². The number of aromatic nitrogens is 1. The third-order valence-corrected chi connectivity index (χ3v) is 4.23. The van der Waals surface area contributed by atoms with E-state index < -0.39 is 11.7 Å². The molecule has 0 spiro atoms. The van der Waals surface area contributed by atoms with Crippen molar-refractivity contribution >= 4 is 39.1 Å². The number of nitrogens with zero attached hydrogens (tertiary/aromatic N) is 1. The summed E-state index contributed by atoms with van der Waals surface area (Å²) >= 11 is 9.30. The minimum atomic E-state index is -0.725. The number of carbonyl (C=O) groups is 1. The number of nitrogens with one attached hydrogen (secondary N) is 2. The molecule has 0 unspecified atom stereocenters. The van der Waals surface area contributed by atoms with Gasteiger partial charge in [-0.15, -0.1) is 0 Å². The minimum absolute atomic E-state index is 0.0101. The Morgan fingerprint density at radius 3 is 2.91 bits per heavy atom. The molecule has 5 nitrogen and oxygen atoms in total. The predicted molar refractivity (Wildman–Crippen MR) is 90.1 cm³/mol. The first kappa shape index (κ1) is 17.8. The van der Waals surface area contributed by atoms with Crippen molar-refractivity contribution in [2.24, 2.45) is 0 Å². The van der Waals surface area contributed by atoms with Crippen molar-refractivity contribution in [1.29, 1.82) is 0 Å². The summed E-state index contributed by atoms with van der Waals surface area (Å²) in [4.78, 5) is 16.0. The summed E-state index contributed by atoms with van der Waals surface area (Å²) in [5.41, 5.74) is 0.626. The van der Waals surface area contributed by atoms with Crippen LogP contribution < -0.4 is 10.6 Å². The summed E-state index contributed by atoms with van der Waals surface area (Å²) in [6, 6.07) is 6.27. The van der Waals surface area contributed by atoms with Gasteiger partial charge in [-0.3, -0.25) is 4.79 Å². The van der Waals surface area contributed by atoms with Crippen LogP contribution >= 0.6 is 27.5 Å². The summed E-state index contributed by atoms with van der Waals surface area (Å²) in [5.74, 6) is -1.41. The molecule has 8 heteroatoms. The lowest BCUT2D eigenvalue weighted by molar-refractivity contribution is 0.101. The summed E-state index contributed by atoms with van der Waals surface area (Å²) in [6.45, 7) is 0.735. The molecule has 0 fully saturated rings. The van der Waals surface area contributed by atoms with Crippen LogP contribution in [0.15, 0.2) is 34.9 Å². The number of hydrogen-bond donors (Lipinski definition) is 3. The van der Waals surface area contributed by atoms with Crippen molar-refractivity contribution in [3.05, 3.63) is 57.0 Å². The van der Waals surface area contributed by atoms with E-state index in [1.54, 1.807) is 18.2 Å². The number of halogens is 3. The molecule has 2 aromatic rings. The van der Waals surface area contributed by atoms with Crippen molar-refractivity contribution in [2.45, 2.75) is 6.54 Å². The van der Waals surface area contributed by atoms with Gasteiger partial charge < -0.3 is 15.7 Å². The normalized spacial score (nSPS) is 10.6. The maximum absolute atomic E-state index is 14.0. The van der Waals surface area contributed by atoms with E-state index in [4.69, 9.17) is 16.7 Å². The first-order valence-electron chi connectivity index (χ1n) is 6.74. The van der Waals surface area contributed by atoms with Crippen molar-refractivity contribution in [1.82, 2.24) is 10.3 Å². The molecule has 1 aromatic heterocycles. The van der Waals surface area contributed by atoms with Crippen LogP contribution in [0.2, 0.25) is 5.02 Å². The van der Waals surface area contributed by atoms with Gasteiger partial charge in [0.2, 0.25) is 0 Å². The summed E-state index contributed by atoms with van der Waals surface area (Å²) in [5, 5.41) is 14.4. The number of aliphatic hydroxyl groups excluding tert-OH is 1. The average Bonchev–Trinajstić information content (AvgIpc) is 2.52. The maximum atomic E-state index is 14.0. The highest BCUT2D eigenvalue weighted by Crippen LogP contribution is 2.30. The van der Waals surface area contributed by atoms with Gasteiger partial charge in [-0.25, -0.2) is 9.37 Å². The largest absolute Gasteiger partial charge is 0.395 e. The van der Waals surface area contributed by atoms with Crippen LogP contribution in [-0.2, 0) is 6.54 Å². The molecule has 0 aliphatic carbocycles. The van der Waals surface area contributed by atoms with Gasteiger partial charge >= 0.3 is 0 Å². The summed E-state index contributed by atoms with van der Waals surface area (Å²) in [7, 11) is 0. The Morgan fingerprint density at radius 2 is 2.22 bits per heavy atom. The second-order valence-corrected chi connectivity index (χ2v) is 5.86. The average molecular weight is 403 g/mol. The quantitative estimate of drug-likeness (QED) is 0.650. The lowest BCUT2D eigenvalue weighted by Crippen LogP contribution is -2.19. The van der Waals surface area contributed by atoms with Gasteiger partial charge in [0.1, 0.15) is 0 Å². The van der Waals surface area contributed by atoms with Crippen LogP contribution in [0.3, 0.4) is 0 Å². The van der Waals surface area contributed by atoms with Gasteiger partial charge in [0, 0.05) is 23.8 Å². The number of pyridine rings is 1. The molecule has 1 amide bonds. The number of anilines is 1. The van der Waals surface area contributed by atoms with E-state index in [-0.39, 0.29) is 12.3 Å². The molecule has 0 atom stereocenters. The molecular weight excluding hydrogens is 389 g/mol. The summed E-state index contributed by atoms with van der Waals surface area (Å²) < 4.78 is 14.7. The second-order valence-electron chi connectivity index (χ2n) is 4.63. The molecule has 0 radical (unpaired) electrons. The van der Waals surface area contributed by atoms with Crippen LogP contribution in [0.1, 0.15) is 16.1 Å². The van der Waals surface area contributed by atoms with Gasteiger partial charge in [0.25, 0.3) is 5.91 Å². The fourth-order valence-electron chi connectivity index (χ4n) is 1.83. The first-order valence-corrected chi connectivity index (χ1v) is 7.91. The van der Waals surface area contributed by atoms with Crippen LogP contribution in [0.25, 0.3) is 0 Å². The monoisotopic (exact) mass is 401 g/mol. The molecule has 122 valence electrons. The molecular formula is C15H14BrClFN3O2. The van der Waals surface area contributed by atoms with Crippen molar-refractivity contribution < 1.29 is 14.3 Å². The highest BCUT2D eigenvalue weighted by Gasteiger charge is 2.16. The van der Waals surface area contributed by atoms with Crippen molar-refractivity contribution in [3.8, 4) is 0 Å². The molecule has 0 aliphatic rings. The van der Waals surface area contributed by atoms with E-state index in [9.17, 15) is 9.18 Å². The molecule has 0 bridgehead atoms. The fraction of sp³-hybridized carbons (Fsp3) is 0.200. The highest BCUT2D eigenvalue weighted by molar-refractivity contribution is 9.10. The molecule has 23 heavy (non-hydrogen) atoms. The third-order valence-electron chi connectivity index (χ3n) is 2.93. The Labute approximate surface area is 146 Å². The van der Waals surface area contributed by atoms with Crippen LogP contribution in [0.5, 0.6) is 0 Å². The number of benzene rings is 1. The molecule has 0 saturated carbocycles. The van der Waals surface area contributed by atoms with Crippen molar-refractivity contribution in [2.75, 3.05) is 18.5 Å². The standard InChI is InChI=1S/C15H14BrClFN3O2/c16-10-2-1-3-12(13(10)17)21-15(23)14-11(18)6-9(8-20-14)7-19-4-5-22/h1-3,6,8,19,22H,4-5,7H2,(H,21,23). The van der Waals surface area contributed by atoms with Gasteiger partial charge in [-0.1, -0.05) is 17.7 Å². The van der Waals surface area contributed by atoms with E-state index in [0.717, 1.165) is 0 Å². The third kappa shape index (κ3) is 4.71.